The van der Waals surface area contributed by atoms with Crippen molar-refractivity contribution in [3.8, 4) is 11.3 Å². The van der Waals surface area contributed by atoms with Crippen LogP contribution in [-0.4, -0.2) is 34.8 Å². The monoisotopic (exact) mass is 422 g/mol. The van der Waals surface area contributed by atoms with Gasteiger partial charge in [-0.1, -0.05) is 37.6 Å². The van der Waals surface area contributed by atoms with Crippen molar-refractivity contribution in [2.24, 2.45) is 0 Å². The van der Waals surface area contributed by atoms with Crippen molar-refractivity contribution >= 4 is 11.8 Å². The van der Waals surface area contributed by atoms with E-state index in [0.29, 0.717) is 18.0 Å². The fraction of sp³-hybridized carbons (Fsp3) is 0.261. The molecular weight excluding hydrogens is 396 g/mol. The van der Waals surface area contributed by atoms with Crippen LogP contribution in [0.3, 0.4) is 0 Å². The van der Waals surface area contributed by atoms with E-state index in [2.05, 4.69) is 20.7 Å². The normalized spacial score (nSPS) is 10.8. The van der Waals surface area contributed by atoms with E-state index in [9.17, 15) is 14.4 Å². The molecule has 0 unspecified atom stereocenters. The number of carbonyl (C=O) groups excluding carboxylic acids is 2. The van der Waals surface area contributed by atoms with E-state index in [1.807, 2.05) is 45.0 Å². The number of furan rings is 1. The third-order valence-corrected chi connectivity index (χ3v) is 4.93. The summed E-state index contributed by atoms with van der Waals surface area (Å²) in [5, 5.41) is 0. The Morgan fingerprint density at radius 2 is 1.74 bits per heavy atom. The van der Waals surface area contributed by atoms with Gasteiger partial charge in [0.25, 0.3) is 11.5 Å². The number of amides is 2. The van der Waals surface area contributed by atoms with Gasteiger partial charge < -0.3 is 9.40 Å². The van der Waals surface area contributed by atoms with Gasteiger partial charge in [0.1, 0.15) is 11.3 Å². The minimum Gasteiger partial charge on any atom is -0.454 e. The fourth-order valence-corrected chi connectivity index (χ4v) is 3.13. The number of H-pyrrole nitrogens is 1. The van der Waals surface area contributed by atoms with Crippen molar-refractivity contribution in [3.05, 3.63) is 81.5 Å². The molecule has 8 nitrogen and oxygen atoms in total. The Bertz CT molecular complexity index is 1130. The second-order valence-electron chi connectivity index (χ2n) is 7.12. The number of nitrogens with one attached hydrogen (secondary N) is 3. The molecule has 0 fully saturated rings. The van der Waals surface area contributed by atoms with Gasteiger partial charge in [-0.25, -0.2) is 0 Å². The molecule has 1 aromatic carbocycles. The summed E-state index contributed by atoms with van der Waals surface area (Å²) in [6.07, 6.45) is 0. The molecule has 2 amide bonds. The lowest BCUT2D eigenvalue weighted by atomic mass is 10.1. The first-order valence-electron chi connectivity index (χ1n) is 10.1. The van der Waals surface area contributed by atoms with Gasteiger partial charge in [0.05, 0.1) is 6.54 Å². The number of rotatable bonds is 7. The third-order valence-electron chi connectivity index (χ3n) is 4.93. The zero-order valence-electron chi connectivity index (χ0n) is 17.8. The molecule has 3 rings (SSSR count). The number of aryl methyl sites for hydroxylation is 1. The summed E-state index contributed by atoms with van der Waals surface area (Å²) in [6.45, 7) is 8.38. The molecule has 0 radical (unpaired) electrons. The standard InChI is InChI=1S/C23H26N4O4/c1-4-27(5-2)14-17-9-12-20(31-17)23(30)26-25-22(29)18-10-11-19(24-21(18)28)16-8-6-7-15(3)13-16/h6-13H,4-5,14H2,1-3H3,(H,24,28)(H,25,29)(H,26,30). The first kappa shape index (κ1) is 22.0. The van der Waals surface area contributed by atoms with E-state index in [-0.39, 0.29) is 11.3 Å². The quantitative estimate of drug-likeness (QED) is 0.508. The zero-order chi connectivity index (χ0) is 22.4. The predicted molar refractivity (Wildman–Crippen MR) is 118 cm³/mol. The topological polar surface area (TPSA) is 107 Å². The van der Waals surface area contributed by atoms with E-state index < -0.39 is 17.4 Å². The summed E-state index contributed by atoms with van der Waals surface area (Å²) < 4.78 is 5.54. The van der Waals surface area contributed by atoms with Crippen molar-refractivity contribution in [1.82, 2.24) is 20.7 Å². The molecule has 31 heavy (non-hydrogen) atoms. The van der Waals surface area contributed by atoms with Crippen molar-refractivity contribution in [2.45, 2.75) is 27.3 Å². The largest absolute Gasteiger partial charge is 0.454 e. The Labute approximate surface area is 180 Å². The highest BCUT2D eigenvalue weighted by Crippen LogP contribution is 2.17. The van der Waals surface area contributed by atoms with Gasteiger partial charge in [-0.3, -0.25) is 30.1 Å². The molecule has 0 aliphatic heterocycles. The molecule has 0 saturated carbocycles. The van der Waals surface area contributed by atoms with E-state index in [0.717, 1.165) is 24.2 Å². The Morgan fingerprint density at radius 1 is 1.00 bits per heavy atom. The minimum atomic E-state index is -0.722. The maximum Gasteiger partial charge on any atom is 0.305 e. The van der Waals surface area contributed by atoms with E-state index in [4.69, 9.17) is 4.42 Å². The number of benzene rings is 1. The van der Waals surface area contributed by atoms with Crippen LogP contribution in [0.15, 0.2) is 57.7 Å². The van der Waals surface area contributed by atoms with Crippen LogP contribution in [0.25, 0.3) is 11.3 Å². The SMILES string of the molecule is CCN(CC)Cc1ccc(C(=O)NNC(=O)c2ccc(-c3cccc(C)c3)[nH]c2=O)o1. The van der Waals surface area contributed by atoms with Crippen LogP contribution in [-0.2, 0) is 6.54 Å². The Balaban J connectivity index is 1.62. The number of hydrazine groups is 1. The van der Waals surface area contributed by atoms with Crippen LogP contribution in [0.1, 0.15) is 46.1 Å². The van der Waals surface area contributed by atoms with Gasteiger partial charge in [-0.15, -0.1) is 0 Å². The smallest absolute Gasteiger partial charge is 0.305 e. The van der Waals surface area contributed by atoms with Crippen LogP contribution in [0.4, 0.5) is 0 Å². The van der Waals surface area contributed by atoms with E-state index in [1.54, 1.807) is 18.2 Å². The fourth-order valence-electron chi connectivity index (χ4n) is 3.13. The Morgan fingerprint density at radius 3 is 2.42 bits per heavy atom. The molecular formula is C23H26N4O4. The minimum absolute atomic E-state index is 0.0751. The van der Waals surface area contributed by atoms with E-state index >= 15 is 0 Å². The first-order valence-corrected chi connectivity index (χ1v) is 10.1. The van der Waals surface area contributed by atoms with Crippen molar-refractivity contribution in [2.75, 3.05) is 13.1 Å². The second-order valence-corrected chi connectivity index (χ2v) is 7.12. The van der Waals surface area contributed by atoms with Gasteiger partial charge in [-0.2, -0.15) is 0 Å². The molecule has 0 spiro atoms. The van der Waals surface area contributed by atoms with Crippen molar-refractivity contribution in [3.63, 3.8) is 0 Å². The Kier molecular flexibility index (Phi) is 7.04. The summed E-state index contributed by atoms with van der Waals surface area (Å²) >= 11 is 0. The average molecular weight is 422 g/mol. The van der Waals surface area contributed by atoms with Crippen LogP contribution in [0.2, 0.25) is 0 Å². The molecule has 0 atom stereocenters. The van der Waals surface area contributed by atoms with Gasteiger partial charge in [0, 0.05) is 5.69 Å². The molecule has 3 aromatic rings. The van der Waals surface area contributed by atoms with Gasteiger partial charge in [-0.05, 0) is 55.9 Å². The van der Waals surface area contributed by atoms with Crippen molar-refractivity contribution in [1.29, 1.82) is 0 Å². The lowest BCUT2D eigenvalue weighted by molar-refractivity contribution is 0.0828. The molecule has 8 heteroatoms. The van der Waals surface area contributed by atoms with Crippen molar-refractivity contribution < 1.29 is 14.0 Å². The maximum absolute atomic E-state index is 12.4. The second kappa shape index (κ2) is 9.90. The predicted octanol–water partition coefficient (Wildman–Crippen LogP) is 2.86. The lowest BCUT2D eigenvalue weighted by Gasteiger charge is -2.15. The average Bonchev–Trinajstić information content (AvgIpc) is 3.24. The zero-order valence-corrected chi connectivity index (χ0v) is 17.8. The number of hydrogen-bond acceptors (Lipinski definition) is 5. The highest BCUT2D eigenvalue weighted by Gasteiger charge is 2.16. The summed E-state index contributed by atoms with van der Waals surface area (Å²) in [6, 6.07) is 14.0. The molecule has 2 aromatic heterocycles. The highest BCUT2D eigenvalue weighted by molar-refractivity contribution is 5.97. The third kappa shape index (κ3) is 5.49. The number of hydrogen-bond donors (Lipinski definition) is 3. The van der Waals surface area contributed by atoms with Crippen LogP contribution < -0.4 is 16.4 Å². The summed E-state index contributed by atoms with van der Waals surface area (Å²) in [4.78, 5) is 41.8. The summed E-state index contributed by atoms with van der Waals surface area (Å²) in [5.41, 5.74) is 6.36. The highest BCUT2D eigenvalue weighted by atomic mass is 16.4. The van der Waals surface area contributed by atoms with Gasteiger partial charge >= 0.3 is 5.91 Å². The van der Waals surface area contributed by atoms with Crippen LogP contribution in [0.5, 0.6) is 0 Å². The van der Waals surface area contributed by atoms with Gasteiger partial charge in [0.2, 0.25) is 0 Å². The molecule has 0 aliphatic rings. The maximum atomic E-state index is 12.4. The molecule has 2 heterocycles. The number of aromatic nitrogens is 1. The Hall–Kier alpha value is -3.65. The number of nitrogens with zero attached hydrogens (tertiary/aromatic N) is 1. The van der Waals surface area contributed by atoms with E-state index in [1.165, 1.54) is 6.07 Å². The summed E-state index contributed by atoms with van der Waals surface area (Å²) in [5.74, 6) is -0.596. The number of pyridine rings is 1. The van der Waals surface area contributed by atoms with Crippen LogP contribution in [0, 0.1) is 6.92 Å². The number of aromatic amines is 1. The molecule has 0 bridgehead atoms. The first-order chi connectivity index (χ1) is 14.9. The molecule has 3 N–H and O–H groups in total. The molecule has 0 aliphatic carbocycles. The summed E-state index contributed by atoms with van der Waals surface area (Å²) in [7, 11) is 0. The molecule has 0 saturated heterocycles. The molecule has 162 valence electrons. The van der Waals surface area contributed by atoms with Crippen LogP contribution >= 0.6 is 0 Å². The van der Waals surface area contributed by atoms with Gasteiger partial charge in [0.15, 0.2) is 5.76 Å². The lowest BCUT2D eigenvalue weighted by Crippen LogP contribution is -2.43. The number of carbonyl (C=O) groups is 2.